The fourth-order valence-electron chi connectivity index (χ4n) is 3.89. The number of halogens is 1. The quantitative estimate of drug-likeness (QED) is 0.300. The van der Waals surface area contributed by atoms with Crippen LogP contribution in [-0.2, 0) is 35.7 Å². The molecule has 2 N–H and O–H groups in total. The normalized spacial score (nSPS) is 11.3. The Balaban J connectivity index is 1.67. The molecule has 4 rings (SSSR count). The number of methoxy groups -OCH3 is 1. The van der Waals surface area contributed by atoms with Gasteiger partial charge < -0.3 is 24.4 Å². The molecule has 4 aromatic rings. The Hall–Kier alpha value is -3.26. The number of furan rings is 1. The number of nitrogens with two attached hydrogens (primary N) is 1. The first-order valence-electron chi connectivity index (χ1n) is 11.3. The number of hydrogen-bond donors (Lipinski definition) is 1. The van der Waals surface area contributed by atoms with Gasteiger partial charge in [-0.05, 0) is 66.4 Å². The van der Waals surface area contributed by atoms with E-state index in [4.69, 9.17) is 24.4 Å². The van der Waals surface area contributed by atoms with Gasteiger partial charge in [-0.2, -0.15) is 0 Å². The molecule has 7 heteroatoms. The van der Waals surface area contributed by atoms with Gasteiger partial charge in [0.1, 0.15) is 36.1 Å². The van der Waals surface area contributed by atoms with E-state index < -0.39 is 0 Å². The molecule has 2 aromatic heterocycles. The molecule has 2 heterocycles. The van der Waals surface area contributed by atoms with Crippen molar-refractivity contribution in [1.29, 1.82) is 0 Å². The maximum Gasteiger partial charge on any atom is 0.142 e. The van der Waals surface area contributed by atoms with Crippen molar-refractivity contribution in [3.05, 3.63) is 83.1 Å². The van der Waals surface area contributed by atoms with Gasteiger partial charge in [0.15, 0.2) is 0 Å². The summed E-state index contributed by atoms with van der Waals surface area (Å²) in [7, 11) is 1.63. The Kier molecular flexibility index (Phi) is 7.90. The molecule has 0 atom stereocenters. The average Bonchev–Trinajstić information content (AvgIpc) is 3.26. The second-order valence-electron chi connectivity index (χ2n) is 7.94. The van der Waals surface area contributed by atoms with Gasteiger partial charge in [-0.15, -0.1) is 0 Å². The van der Waals surface area contributed by atoms with Crippen LogP contribution < -0.4 is 10.5 Å². The lowest BCUT2D eigenvalue weighted by Gasteiger charge is -2.13. The Morgan fingerprint density at radius 2 is 1.94 bits per heavy atom. The van der Waals surface area contributed by atoms with Crippen molar-refractivity contribution >= 4 is 11.0 Å². The van der Waals surface area contributed by atoms with E-state index in [1.165, 1.54) is 12.1 Å². The van der Waals surface area contributed by atoms with E-state index in [0.29, 0.717) is 38.5 Å². The largest absolute Gasteiger partial charge is 0.489 e. The molecule has 0 fully saturated rings. The smallest absolute Gasteiger partial charge is 0.142 e. The van der Waals surface area contributed by atoms with Crippen LogP contribution in [0.25, 0.3) is 22.1 Å². The van der Waals surface area contributed by atoms with E-state index in [1.807, 2.05) is 37.3 Å². The number of fused-ring (bicyclic) bond motifs is 1. The number of hydrogen-bond acceptors (Lipinski definition) is 6. The molecule has 0 radical (unpaired) electrons. The van der Waals surface area contributed by atoms with E-state index in [9.17, 15) is 4.39 Å². The van der Waals surface area contributed by atoms with Gasteiger partial charge in [-0.1, -0.05) is 6.07 Å². The zero-order chi connectivity index (χ0) is 23.9. The lowest BCUT2D eigenvalue weighted by atomic mass is 10.0. The summed E-state index contributed by atoms with van der Waals surface area (Å²) in [5, 5.41) is 0.935. The van der Waals surface area contributed by atoms with Crippen molar-refractivity contribution < 1.29 is 23.0 Å². The molecule has 0 aliphatic rings. The first-order valence-corrected chi connectivity index (χ1v) is 11.3. The van der Waals surface area contributed by atoms with Crippen LogP contribution in [-0.4, -0.2) is 25.3 Å². The van der Waals surface area contributed by atoms with E-state index in [0.717, 1.165) is 44.7 Å². The van der Waals surface area contributed by atoms with Crippen LogP contribution in [0, 0.1) is 5.82 Å². The summed E-state index contributed by atoms with van der Waals surface area (Å²) in [6, 6.07) is 14.5. The second kappa shape index (κ2) is 11.2. The predicted octanol–water partition coefficient (Wildman–Crippen LogP) is 5.40. The number of benzene rings is 2. The van der Waals surface area contributed by atoms with Gasteiger partial charge in [-0.3, -0.25) is 4.98 Å². The standard InChI is InChI=1S/C27H29FN2O4/c1-3-32-9-7-19-4-5-22(28)14-26(19)33-16-18-10-21-13-24(17-31-2)34-27(21)25(11-18)20-6-8-30-23(12-20)15-29/h4-6,8,10-14H,3,7,9,15-17,29H2,1-2H3. The highest BCUT2D eigenvalue weighted by molar-refractivity contribution is 5.93. The zero-order valence-corrected chi connectivity index (χ0v) is 19.5. The summed E-state index contributed by atoms with van der Waals surface area (Å²) < 4.78 is 36.8. The Bertz CT molecular complexity index is 1250. The number of aromatic nitrogens is 1. The van der Waals surface area contributed by atoms with Gasteiger partial charge in [0.05, 0.1) is 12.3 Å². The SMILES string of the molecule is CCOCCc1ccc(F)cc1OCc1cc(-c2ccnc(CN)c2)c2oc(COC)cc2c1. The third-order valence-corrected chi connectivity index (χ3v) is 5.49. The van der Waals surface area contributed by atoms with Gasteiger partial charge in [0, 0.05) is 43.5 Å². The van der Waals surface area contributed by atoms with Crippen molar-refractivity contribution in [2.24, 2.45) is 5.73 Å². The van der Waals surface area contributed by atoms with Gasteiger partial charge in [-0.25, -0.2) is 4.39 Å². The fourth-order valence-corrected chi connectivity index (χ4v) is 3.89. The van der Waals surface area contributed by atoms with Crippen LogP contribution >= 0.6 is 0 Å². The molecular formula is C27H29FN2O4. The van der Waals surface area contributed by atoms with E-state index in [1.54, 1.807) is 19.4 Å². The summed E-state index contributed by atoms with van der Waals surface area (Å²) in [5.41, 5.74) is 11.0. The van der Waals surface area contributed by atoms with Gasteiger partial charge in [0.25, 0.3) is 0 Å². The van der Waals surface area contributed by atoms with Crippen molar-refractivity contribution in [2.75, 3.05) is 20.3 Å². The average molecular weight is 465 g/mol. The zero-order valence-electron chi connectivity index (χ0n) is 19.5. The molecular weight excluding hydrogens is 435 g/mol. The molecule has 0 amide bonds. The van der Waals surface area contributed by atoms with Crippen LogP contribution in [0.4, 0.5) is 4.39 Å². The highest BCUT2D eigenvalue weighted by Gasteiger charge is 2.14. The number of nitrogens with zero attached hydrogens (tertiary/aromatic N) is 1. The lowest BCUT2D eigenvalue weighted by Crippen LogP contribution is -2.03. The molecule has 0 aliphatic carbocycles. The summed E-state index contributed by atoms with van der Waals surface area (Å²) in [6.07, 6.45) is 2.39. The predicted molar refractivity (Wildman–Crippen MR) is 129 cm³/mol. The van der Waals surface area contributed by atoms with Crippen molar-refractivity contribution in [3.63, 3.8) is 0 Å². The highest BCUT2D eigenvalue weighted by Crippen LogP contribution is 2.34. The topological polar surface area (TPSA) is 79.7 Å². The molecule has 0 saturated carbocycles. The molecule has 0 bridgehead atoms. The van der Waals surface area contributed by atoms with Crippen LogP contribution in [0.15, 0.2) is 59.1 Å². The minimum atomic E-state index is -0.337. The second-order valence-corrected chi connectivity index (χ2v) is 7.94. The monoisotopic (exact) mass is 464 g/mol. The minimum absolute atomic E-state index is 0.271. The molecule has 178 valence electrons. The molecule has 6 nitrogen and oxygen atoms in total. The van der Waals surface area contributed by atoms with Crippen LogP contribution in [0.1, 0.15) is 29.5 Å². The molecule has 2 aromatic carbocycles. The molecule has 0 unspecified atom stereocenters. The maximum absolute atomic E-state index is 14.0. The molecule has 0 aliphatic heterocycles. The van der Waals surface area contributed by atoms with Crippen LogP contribution in [0.2, 0.25) is 0 Å². The lowest BCUT2D eigenvalue weighted by molar-refractivity contribution is 0.150. The summed E-state index contributed by atoms with van der Waals surface area (Å²) >= 11 is 0. The first-order chi connectivity index (χ1) is 16.6. The van der Waals surface area contributed by atoms with Crippen molar-refractivity contribution in [3.8, 4) is 16.9 Å². The van der Waals surface area contributed by atoms with Crippen molar-refractivity contribution in [1.82, 2.24) is 4.98 Å². The Morgan fingerprint density at radius 1 is 1.06 bits per heavy atom. The number of pyridine rings is 1. The number of rotatable bonds is 11. The Labute approximate surface area is 198 Å². The van der Waals surface area contributed by atoms with Crippen molar-refractivity contribution in [2.45, 2.75) is 33.1 Å². The van der Waals surface area contributed by atoms with Crippen LogP contribution in [0.5, 0.6) is 5.75 Å². The summed E-state index contributed by atoms with van der Waals surface area (Å²) in [6.45, 7) is 4.12. The Morgan fingerprint density at radius 3 is 2.74 bits per heavy atom. The maximum atomic E-state index is 14.0. The molecule has 0 saturated heterocycles. The van der Waals surface area contributed by atoms with E-state index in [-0.39, 0.29) is 12.4 Å². The van der Waals surface area contributed by atoms with Gasteiger partial charge >= 0.3 is 0 Å². The van der Waals surface area contributed by atoms with Gasteiger partial charge in [0.2, 0.25) is 0 Å². The summed E-state index contributed by atoms with van der Waals surface area (Å²) in [4.78, 5) is 4.30. The van der Waals surface area contributed by atoms with E-state index in [2.05, 4.69) is 4.98 Å². The fraction of sp³-hybridized carbons (Fsp3) is 0.296. The number of ether oxygens (including phenoxy) is 3. The molecule has 0 spiro atoms. The first kappa shape index (κ1) is 23.9. The third kappa shape index (κ3) is 5.62. The summed E-state index contributed by atoms with van der Waals surface area (Å²) in [5.74, 6) is 0.910. The molecule has 34 heavy (non-hydrogen) atoms. The minimum Gasteiger partial charge on any atom is -0.489 e. The van der Waals surface area contributed by atoms with Crippen LogP contribution in [0.3, 0.4) is 0 Å². The third-order valence-electron chi connectivity index (χ3n) is 5.49. The highest BCUT2D eigenvalue weighted by atomic mass is 19.1. The van der Waals surface area contributed by atoms with E-state index >= 15 is 0 Å².